The number of carbonyl (C=O) groups is 1. The van der Waals surface area contributed by atoms with E-state index < -0.39 is 0 Å². The minimum absolute atomic E-state index is 0.145. The molecule has 35 heavy (non-hydrogen) atoms. The minimum Gasteiger partial charge on any atom is -0.358 e. The van der Waals surface area contributed by atoms with Crippen molar-refractivity contribution < 1.29 is 4.79 Å². The number of hydrogen-bond donors (Lipinski definition) is 1. The standard InChI is InChI=1S/C17H23N3.C12H22N2O/c1-4-6-12(3)15(5-2)20-10-8-13-11-19-17-14(16(13)20)7-9-18-17;1-5-7-8-13-10-14(4)9-12(15)11(3)6-2/h7-12,15H,4-6H2,1-3H3,(H,18,19);7-8,10-11H,5-6,9H2,1-4H3/b;8-7-,13-10?/t;11-/m.1/s1. The van der Waals surface area contributed by atoms with Gasteiger partial charge in [-0.15, -0.1) is 0 Å². The number of fused-ring (bicyclic) bond motifs is 3. The molecule has 0 aliphatic heterocycles. The zero-order valence-corrected chi connectivity index (χ0v) is 22.8. The van der Waals surface area contributed by atoms with Crippen LogP contribution in [0.25, 0.3) is 21.9 Å². The maximum atomic E-state index is 11.6. The molecule has 0 saturated heterocycles. The fourth-order valence-corrected chi connectivity index (χ4v) is 4.44. The minimum atomic E-state index is 0.145. The second kappa shape index (κ2) is 14.5. The number of pyridine rings is 1. The molecule has 0 aliphatic carbocycles. The van der Waals surface area contributed by atoms with Crippen molar-refractivity contribution in [3.8, 4) is 0 Å². The van der Waals surface area contributed by atoms with E-state index in [9.17, 15) is 4.79 Å². The third-order valence-electron chi connectivity index (χ3n) is 6.69. The Morgan fingerprint density at radius 2 is 1.97 bits per heavy atom. The Bertz CT molecular complexity index is 1090. The first kappa shape index (κ1) is 28.3. The molecule has 0 bridgehead atoms. The average Bonchev–Trinajstić information content (AvgIpc) is 3.49. The first-order chi connectivity index (χ1) is 16.9. The Morgan fingerprint density at radius 3 is 2.63 bits per heavy atom. The molecule has 3 aromatic heterocycles. The number of allylic oxidation sites excluding steroid dienone is 1. The second-order valence-corrected chi connectivity index (χ2v) is 9.51. The second-order valence-electron chi connectivity index (χ2n) is 9.51. The molecule has 0 radical (unpaired) electrons. The summed E-state index contributed by atoms with van der Waals surface area (Å²) in [5, 5.41) is 2.47. The van der Waals surface area contributed by atoms with Crippen LogP contribution in [0.5, 0.6) is 0 Å². The quantitative estimate of drug-likeness (QED) is 0.217. The number of H-pyrrole nitrogens is 1. The summed E-state index contributed by atoms with van der Waals surface area (Å²) in [7, 11) is 1.86. The summed E-state index contributed by atoms with van der Waals surface area (Å²) < 4.78 is 2.47. The van der Waals surface area contributed by atoms with Gasteiger partial charge in [0, 0.05) is 54.6 Å². The lowest BCUT2D eigenvalue weighted by Gasteiger charge is -2.25. The van der Waals surface area contributed by atoms with Crippen LogP contribution in [0.15, 0.2) is 48.0 Å². The number of aromatic amines is 1. The SMILES string of the molecule is CC/C=C\N=CN(C)CC(=O)[C@H](C)CC.CCCC(C)C(CC)n1ccc2cnc3[nH]ccc3c21. The Kier molecular flexibility index (Phi) is 11.7. The first-order valence-corrected chi connectivity index (χ1v) is 13.2. The van der Waals surface area contributed by atoms with Crippen molar-refractivity contribution in [2.75, 3.05) is 13.6 Å². The number of nitrogens with zero attached hydrogens (tertiary/aromatic N) is 4. The van der Waals surface area contributed by atoms with E-state index in [1.165, 1.54) is 35.6 Å². The molecule has 3 rings (SSSR count). The van der Waals surface area contributed by atoms with Gasteiger partial charge in [-0.05, 0) is 43.7 Å². The Balaban J connectivity index is 0.000000260. The molecule has 6 nitrogen and oxygen atoms in total. The molecule has 3 heterocycles. The highest BCUT2D eigenvalue weighted by Gasteiger charge is 2.19. The summed E-state index contributed by atoms with van der Waals surface area (Å²) in [6, 6.07) is 4.89. The van der Waals surface area contributed by atoms with E-state index in [1.807, 2.05) is 44.3 Å². The van der Waals surface area contributed by atoms with Gasteiger partial charge in [0.05, 0.1) is 18.4 Å². The molecule has 6 heteroatoms. The van der Waals surface area contributed by atoms with Crippen LogP contribution in [0.4, 0.5) is 0 Å². The highest BCUT2D eigenvalue weighted by Crippen LogP contribution is 2.32. The van der Waals surface area contributed by atoms with Gasteiger partial charge in [0.1, 0.15) is 5.65 Å². The Hall–Kier alpha value is -2.89. The number of Topliss-reactive ketones (excluding diaryl/α,β-unsaturated/α-hetero) is 1. The summed E-state index contributed by atoms with van der Waals surface area (Å²) in [6.45, 7) is 13.4. The van der Waals surface area contributed by atoms with Gasteiger partial charge in [0.15, 0.2) is 5.78 Å². The summed E-state index contributed by atoms with van der Waals surface area (Å²) >= 11 is 0. The normalized spacial score (nSPS) is 14.4. The van der Waals surface area contributed by atoms with Crippen molar-refractivity contribution in [3.63, 3.8) is 0 Å². The van der Waals surface area contributed by atoms with Gasteiger partial charge in [0.2, 0.25) is 0 Å². The lowest BCUT2D eigenvalue weighted by atomic mass is 9.94. The van der Waals surface area contributed by atoms with Crippen molar-refractivity contribution in [2.24, 2.45) is 16.8 Å². The maximum absolute atomic E-state index is 11.6. The molecular formula is C29H45N5O. The largest absolute Gasteiger partial charge is 0.358 e. The van der Waals surface area contributed by atoms with Crippen LogP contribution >= 0.6 is 0 Å². The van der Waals surface area contributed by atoms with Crippen molar-refractivity contribution >= 4 is 34.1 Å². The van der Waals surface area contributed by atoms with Crippen molar-refractivity contribution in [1.82, 2.24) is 19.4 Å². The first-order valence-electron chi connectivity index (χ1n) is 13.2. The molecule has 192 valence electrons. The predicted molar refractivity (Wildman–Crippen MR) is 150 cm³/mol. The van der Waals surface area contributed by atoms with Crippen LogP contribution in [0.1, 0.15) is 79.7 Å². The molecule has 1 N–H and O–H groups in total. The zero-order chi connectivity index (χ0) is 25.8. The fraction of sp³-hybridized carbons (Fsp3) is 0.552. The van der Waals surface area contributed by atoms with Gasteiger partial charge in [-0.2, -0.15) is 0 Å². The Morgan fingerprint density at radius 1 is 1.20 bits per heavy atom. The number of carbonyl (C=O) groups excluding carboxylic acids is 1. The van der Waals surface area contributed by atoms with E-state index in [2.05, 4.69) is 65.6 Å². The summed E-state index contributed by atoms with van der Waals surface area (Å²) in [5.41, 5.74) is 2.31. The van der Waals surface area contributed by atoms with Gasteiger partial charge >= 0.3 is 0 Å². The smallest absolute Gasteiger partial charge is 0.154 e. The number of nitrogens with one attached hydrogen (secondary N) is 1. The number of ketones is 1. The van der Waals surface area contributed by atoms with E-state index in [0.717, 1.165) is 18.5 Å². The lowest BCUT2D eigenvalue weighted by molar-refractivity contribution is -0.122. The van der Waals surface area contributed by atoms with Gasteiger partial charge in [-0.1, -0.05) is 54.0 Å². The number of aliphatic imine (C=N–C) groups is 1. The monoisotopic (exact) mass is 479 g/mol. The van der Waals surface area contributed by atoms with Crippen molar-refractivity contribution in [2.45, 2.75) is 79.7 Å². The topological polar surface area (TPSA) is 66.3 Å². The van der Waals surface area contributed by atoms with E-state index in [4.69, 9.17) is 0 Å². The fourth-order valence-electron chi connectivity index (χ4n) is 4.44. The maximum Gasteiger partial charge on any atom is 0.154 e. The molecule has 3 atom stereocenters. The molecule has 2 unspecified atom stereocenters. The molecule has 0 saturated carbocycles. The third-order valence-corrected chi connectivity index (χ3v) is 6.69. The van der Waals surface area contributed by atoms with Crippen molar-refractivity contribution in [3.05, 3.63) is 43.0 Å². The number of likely N-dealkylation sites (N-methyl/N-ethyl adjacent to an activating group) is 1. The van der Waals surface area contributed by atoms with Crippen molar-refractivity contribution in [1.29, 1.82) is 0 Å². The van der Waals surface area contributed by atoms with E-state index in [-0.39, 0.29) is 11.7 Å². The predicted octanol–water partition coefficient (Wildman–Crippen LogP) is 7.39. The van der Waals surface area contributed by atoms with E-state index in [1.54, 1.807) is 12.5 Å². The van der Waals surface area contributed by atoms with Crippen LogP contribution in [-0.2, 0) is 4.79 Å². The average molecular weight is 480 g/mol. The molecule has 0 aromatic carbocycles. The Labute approximate surface area is 211 Å². The van der Waals surface area contributed by atoms with Gasteiger partial charge < -0.3 is 14.5 Å². The molecule has 0 amide bonds. The van der Waals surface area contributed by atoms with Crippen LogP contribution in [0.3, 0.4) is 0 Å². The molecule has 3 aromatic rings. The number of aromatic nitrogens is 3. The molecule has 0 spiro atoms. The third kappa shape index (κ3) is 7.81. The molecular weight excluding hydrogens is 434 g/mol. The van der Waals surface area contributed by atoms with Crippen LogP contribution in [0.2, 0.25) is 0 Å². The van der Waals surface area contributed by atoms with E-state index in [0.29, 0.717) is 18.5 Å². The highest BCUT2D eigenvalue weighted by molar-refractivity contribution is 6.02. The van der Waals surface area contributed by atoms with Crippen LogP contribution in [-0.4, -0.2) is 45.1 Å². The summed E-state index contributed by atoms with van der Waals surface area (Å²) in [5.74, 6) is 1.11. The number of hydrogen-bond acceptors (Lipinski definition) is 3. The lowest BCUT2D eigenvalue weighted by Crippen LogP contribution is -2.28. The number of rotatable bonds is 12. The zero-order valence-electron chi connectivity index (χ0n) is 22.8. The summed E-state index contributed by atoms with van der Waals surface area (Å²) in [6.07, 6.45) is 17.2. The highest BCUT2D eigenvalue weighted by atomic mass is 16.1. The van der Waals surface area contributed by atoms with Gasteiger partial charge in [0.25, 0.3) is 0 Å². The van der Waals surface area contributed by atoms with Crippen LogP contribution in [0, 0.1) is 11.8 Å². The molecule has 0 aliphatic rings. The van der Waals surface area contributed by atoms with Crippen LogP contribution < -0.4 is 0 Å². The van der Waals surface area contributed by atoms with E-state index >= 15 is 0 Å². The van der Waals surface area contributed by atoms with Gasteiger partial charge in [-0.25, -0.2) is 9.98 Å². The summed E-state index contributed by atoms with van der Waals surface area (Å²) in [4.78, 5) is 25.1. The molecule has 0 fully saturated rings. The van der Waals surface area contributed by atoms with Gasteiger partial charge in [-0.3, -0.25) is 4.79 Å².